The molecule has 0 aromatic carbocycles. The molecule has 0 aliphatic heterocycles. The molecule has 0 amide bonds. The summed E-state index contributed by atoms with van der Waals surface area (Å²) in [5, 5.41) is 1.95. The van der Waals surface area contributed by atoms with Gasteiger partial charge >= 0.3 is 0 Å². The van der Waals surface area contributed by atoms with Crippen LogP contribution in [0.1, 0.15) is 33.3 Å². The number of hydrogen-bond donors (Lipinski definition) is 0. The Balaban J connectivity index is 0.000000561. The molecule has 1 rings (SSSR count). The van der Waals surface area contributed by atoms with Crippen LogP contribution in [0.5, 0.6) is 0 Å². The molecule has 0 unspecified atom stereocenters. The van der Waals surface area contributed by atoms with Gasteiger partial charge < -0.3 is 0 Å². The van der Waals surface area contributed by atoms with Gasteiger partial charge in [0.25, 0.3) is 0 Å². The minimum absolute atomic E-state index is 0.444. The second-order valence-corrected chi connectivity index (χ2v) is 2.99. The summed E-state index contributed by atoms with van der Waals surface area (Å²) in [4.78, 5) is 0. The van der Waals surface area contributed by atoms with E-state index in [1.807, 2.05) is 19.2 Å². The molecule has 1 heterocycles. The van der Waals surface area contributed by atoms with Crippen LogP contribution in [0.2, 0.25) is 0 Å². The maximum absolute atomic E-state index is 3.94. The van der Waals surface area contributed by atoms with E-state index in [1.165, 1.54) is 11.5 Å². The zero-order valence-electron chi connectivity index (χ0n) is 8.09. The van der Waals surface area contributed by atoms with E-state index in [-0.39, 0.29) is 0 Å². The highest BCUT2D eigenvalue weighted by molar-refractivity contribution is 7.03. The topological polar surface area (TPSA) is 12.9 Å². The minimum Gasteiger partial charge on any atom is -0.200 e. The van der Waals surface area contributed by atoms with Crippen molar-refractivity contribution in [2.75, 3.05) is 0 Å². The Morgan fingerprint density at radius 2 is 2.08 bits per heavy atom. The van der Waals surface area contributed by atoms with Gasteiger partial charge in [0.05, 0.1) is 11.8 Å². The average molecular weight is 181 g/mol. The smallest absolute Gasteiger partial charge is 0.0563 e. The maximum Gasteiger partial charge on any atom is 0.0563 e. The van der Waals surface area contributed by atoms with Crippen molar-refractivity contribution >= 4 is 11.5 Å². The van der Waals surface area contributed by atoms with Crippen LogP contribution in [-0.4, -0.2) is 4.37 Å². The molecule has 0 spiro atoms. The minimum atomic E-state index is 0.444. The molecule has 0 saturated heterocycles. The quantitative estimate of drug-likeness (QED) is 0.560. The molecule has 0 bridgehead atoms. The molecular weight excluding hydrogens is 166 g/mol. The number of rotatable bonds is 0. The third kappa shape index (κ3) is 4.92. The molecule has 1 aromatic rings. The number of nitrogens with zero attached hydrogens (tertiary/aromatic N) is 1. The molecule has 12 heavy (non-hydrogen) atoms. The molecule has 1 aromatic heterocycles. The van der Waals surface area contributed by atoms with Crippen molar-refractivity contribution in [3.05, 3.63) is 17.1 Å². The first-order chi connectivity index (χ1) is 5.79. The van der Waals surface area contributed by atoms with Crippen LogP contribution in [0.3, 0.4) is 0 Å². The van der Waals surface area contributed by atoms with Crippen LogP contribution in [-0.2, 0) is 0 Å². The Morgan fingerprint density at radius 3 is 2.50 bits per heavy atom. The van der Waals surface area contributed by atoms with Gasteiger partial charge in [0.15, 0.2) is 0 Å². The lowest BCUT2D eigenvalue weighted by molar-refractivity contribution is 0.866. The van der Waals surface area contributed by atoms with E-state index < -0.39 is 0 Å². The van der Waals surface area contributed by atoms with E-state index in [0.717, 1.165) is 5.56 Å². The van der Waals surface area contributed by atoms with E-state index in [2.05, 4.69) is 30.1 Å². The summed E-state index contributed by atoms with van der Waals surface area (Å²) in [5.74, 6) is 6.53. The molecule has 0 aliphatic carbocycles. The summed E-state index contributed by atoms with van der Waals surface area (Å²) in [5.41, 5.74) is 1.03. The first-order valence-electron chi connectivity index (χ1n) is 4.20. The molecule has 0 saturated carbocycles. The SMILES string of the molecule is CC.CC(C)C#Cc1cnsc1. The highest BCUT2D eigenvalue weighted by atomic mass is 32.1. The third-order valence-electron chi connectivity index (χ3n) is 0.938. The summed E-state index contributed by atoms with van der Waals surface area (Å²) in [7, 11) is 0. The largest absolute Gasteiger partial charge is 0.200 e. The summed E-state index contributed by atoms with van der Waals surface area (Å²) in [6, 6.07) is 0. The Labute approximate surface area is 79.0 Å². The van der Waals surface area contributed by atoms with E-state index in [1.54, 1.807) is 6.20 Å². The molecule has 0 atom stereocenters. The predicted octanol–water partition coefficient (Wildman–Crippen LogP) is 3.18. The highest BCUT2D eigenvalue weighted by Gasteiger charge is 1.86. The predicted molar refractivity (Wildman–Crippen MR) is 55.2 cm³/mol. The second kappa shape index (κ2) is 6.87. The first kappa shape index (κ1) is 11.2. The molecule has 0 fully saturated rings. The second-order valence-electron chi connectivity index (χ2n) is 2.34. The molecule has 66 valence electrons. The van der Waals surface area contributed by atoms with Crippen LogP contribution in [0.25, 0.3) is 0 Å². The molecule has 2 heteroatoms. The van der Waals surface area contributed by atoms with Gasteiger partial charge in [-0.25, -0.2) is 0 Å². The van der Waals surface area contributed by atoms with E-state index >= 15 is 0 Å². The average Bonchev–Trinajstić information content (AvgIpc) is 2.56. The Bertz CT molecular complexity index is 239. The van der Waals surface area contributed by atoms with Crippen LogP contribution >= 0.6 is 11.5 Å². The van der Waals surface area contributed by atoms with Gasteiger partial charge in [-0.15, -0.1) is 0 Å². The van der Waals surface area contributed by atoms with Crippen LogP contribution in [0.4, 0.5) is 0 Å². The maximum atomic E-state index is 3.94. The van der Waals surface area contributed by atoms with Gasteiger partial charge in [0, 0.05) is 11.3 Å². The first-order valence-corrected chi connectivity index (χ1v) is 5.03. The van der Waals surface area contributed by atoms with E-state index in [4.69, 9.17) is 0 Å². The van der Waals surface area contributed by atoms with Crippen molar-refractivity contribution < 1.29 is 0 Å². The van der Waals surface area contributed by atoms with Crippen molar-refractivity contribution in [3.63, 3.8) is 0 Å². The highest BCUT2D eigenvalue weighted by Crippen LogP contribution is 1.99. The Hall–Kier alpha value is -0.810. The molecule has 1 nitrogen and oxygen atoms in total. The summed E-state index contributed by atoms with van der Waals surface area (Å²) in [6.07, 6.45) is 1.79. The summed E-state index contributed by atoms with van der Waals surface area (Å²) in [6.45, 7) is 8.15. The molecule has 0 aliphatic rings. The van der Waals surface area contributed by atoms with Crippen molar-refractivity contribution in [1.29, 1.82) is 0 Å². The van der Waals surface area contributed by atoms with E-state index in [0.29, 0.717) is 5.92 Å². The van der Waals surface area contributed by atoms with Crippen molar-refractivity contribution in [3.8, 4) is 11.8 Å². The van der Waals surface area contributed by atoms with Crippen LogP contribution < -0.4 is 0 Å². The summed E-state index contributed by atoms with van der Waals surface area (Å²) < 4.78 is 3.94. The lowest BCUT2D eigenvalue weighted by Crippen LogP contribution is -1.77. The zero-order chi connectivity index (χ0) is 9.40. The lowest BCUT2D eigenvalue weighted by Gasteiger charge is -1.84. The molecule has 0 N–H and O–H groups in total. The number of aromatic nitrogens is 1. The van der Waals surface area contributed by atoms with E-state index in [9.17, 15) is 0 Å². The molecule has 0 radical (unpaired) electrons. The van der Waals surface area contributed by atoms with Gasteiger partial charge in [-0.3, -0.25) is 0 Å². The molecular formula is C10H15NS. The lowest BCUT2D eigenvalue weighted by atomic mass is 10.2. The Morgan fingerprint density at radius 1 is 1.42 bits per heavy atom. The normalized spacial score (nSPS) is 8.08. The van der Waals surface area contributed by atoms with Crippen molar-refractivity contribution in [1.82, 2.24) is 4.37 Å². The van der Waals surface area contributed by atoms with Gasteiger partial charge in [0.1, 0.15) is 0 Å². The van der Waals surface area contributed by atoms with Crippen LogP contribution in [0.15, 0.2) is 11.6 Å². The van der Waals surface area contributed by atoms with Crippen molar-refractivity contribution in [2.24, 2.45) is 5.92 Å². The number of hydrogen-bond acceptors (Lipinski definition) is 2. The van der Waals surface area contributed by atoms with Gasteiger partial charge in [-0.2, -0.15) is 4.37 Å². The fourth-order valence-corrected chi connectivity index (χ4v) is 0.963. The fraction of sp³-hybridized carbons (Fsp3) is 0.500. The van der Waals surface area contributed by atoms with Gasteiger partial charge in [-0.1, -0.05) is 39.5 Å². The standard InChI is InChI=1S/C8H9NS.C2H6/c1-7(2)3-4-8-5-9-10-6-8;1-2/h5-7H,1-2H3;1-2H3. The van der Waals surface area contributed by atoms with Gasteiger partial charge in [0.2, 0.25) is 0 Å². The third-order valence-corrected chi connectivity index (χ3v) is 1.52. The Kier molecular flexibility index (Phi) is 6.41. The summed E-state index contributed by atoms with van der Waals surface area (Å²) >= 11 is 1.44. The van der Waals surface area contributed by atoms with Crippen LogP contribution in [0, 0.1) is 17.8 Å². The van der Waals surface area contributed by atoms with Gasteiger partial charge in [-0.05, 0) is 11.5 Å². The fourth-order valence-electron chi connectivity index (χ4n) is 0.494. The zero-order valence-corrected chi connectivity index (χ0v) is 8.90. The monoisotopic (exact) mass is 181 g/mol. The van der Waals surface area contributed by atoms with Crippen molar-refractivity contribution in [2.45, 2.75) is 27.7 Å².